The summed E-state index contributed by atoms with van der Waals surface area (Å²) < 4.78 is 0. The van der Waals surface area contributed by atoms with Crippen molar-refractivity contribution in [2.45, 2.75) is 76.5 Å². The summed E-state index contributed by atoms with van der Waals surface area (Å²) in [7, 11) is 0. The highest BCUT2D eigenvalue weighted by Gasteiger charge is 2.37. The van der Waals surface area contributed by atoms with Crippen molar-refractivity contribution in [3.63, 3.8) is 0 Å². The van der Waals surface area contributed by atoms with Crippen LogP contribution in [0.5, 0.6) is 0 Å². The van der Waals surface area contributed by atoms with Crippen LogP contribution in [0.1, 0.15) is 93.5 Å². The van der Waals surface area contributed by atoms with E-state index in [9.17, 15) is 0 Å². The van der Waals surface area contributed by atoms with Crippen LogP contribution in [0.15, 0.2) is 170 Å². The van der Waals surface area contributed by atoms with Crippen molar-refractivity contribution in [3.05, 3.63) is 198 Å². The lowest BCUT2D eigenvalue weighted by Gasteiger charge is -2.33. The van der Waals surface area contributed by atoms with E-state index in [4.69, 9.17) is 0 Å². The van der Waals surface area contributed by atoms with E-state index in [1.54, 1.807) is 0 Å². The van der Waals surface area contributed by atoms with E-state index < -0.39 is 0 Å². The average Bonchev–Trinajstić information content (AvgIpc) is 3.66. The molecule has 11 rings (SSSR count). The van der Waals surface area contributed by atoms with E-state index in [1.165, 1.54) is 132 Å². The third-order valence-corrected chi connectivity index (χ3v) is 14.3. The lowest BCUT2D eigenvalue weighted by molar-refractivity contribution is 0.444. The molecule has 0 unspecified atom stereocenters. The Morgan fingerprint density at radius 1 is 0.424 bits per heavy atom. The summed E-state index contributed by atoms with van der Waals surface area (Å²) in [5, 5.41) is 2.47. The number of hydrogen-bond acceptors (Lipinski definition) is 1. The minimum Gasteiger partial charge on any atom is -0.309 e. The van der Waals surface area contributed by atoms with Gasteiger partial charge in [0.1, 0.15) is 0 Å². The van der Waals surface area contributed by atoms with E-state index in [2.05, 4.69) is 202 Å². The first-order valence-electron chi connectivity index (χ1n) is 21.8. The van der Waals surface area contributed by atoms with Crippen LogP contribution < -0.4 is 4.90 Å². The fourth-order valence-corrected chi connectivity index (χ4v) is 11.1. The Morgan fingerprint density at radius 3 is 1.83 bits per heavy atom. The topological polar surface area (TPSA) is 3.24 Å². The number of anilines is 3. The standard InChI is InChI=1S/C58H51N/c1-57(2)52-26-16-14-24-47(52)50-37-43(30-33-53(50)57)59(55-34-29-41(38-17-7-5-8-18-38)35-49(55)39-19-9-6-10-20-39)56-44-22-12-11-21-40(44)27-31-45(56)42-28-32-48-46-23-13-15-25-51(46)58(3,4)54(48)36-42/h6,9-16,19-38H,5,7-8,17-18H2,1-4H3. The quantitative estimate of drug-likeness (QED) is 0.163. The van der Waals surface area contributed by atoms with Gasteiger partial charge in [-0.3, -0.25) is 0 Å². The highest BCUT2D eigenvalue weighted by atomic mass is 15.1. The summed E-state index contributed by atoms with van der Waals surface area (Å²) in [5.74, 6) is 0.597. The molecule has 0 aliphatic heterocycles. The molecule has 3 aliphatic carbocycles. The van der Waals surface area contributed by atoms with Crippen molar-refractivity contribution in [1.29, 1.82) is 0 Å². The Bertz CT molecular complexity index is 2920. The largest absolute Gasteiger partial charge is 0.309 e. The number of nitrogens with zero attached hydrogens (tertiary/aromatic N) is 1. The molecule has 8 aromatic carbocycles. The third-order valence-electron chi connectivity index (χ3n) is 14.3. The van der Waals surface area contributed by atoms with E-state index in [1.807, 2.05) is 0 Å². The Balaban J connectivity index is 1.21. The number of benzene rings is 8. The van der Waals surface area contributed by atoms with Gasteiger partial charge in [0, 0.05) is 33.0 Å². The molecular weight excluding hydrogens is 711 g/mol. The summed E-state index contributed by atoms with van der Waals surface area (Å²) in [6, 6.07) is 64.8. The molecule has 3 aliphatic rings. The van der Waals surface area contributed by atoms with Gasteiger partial charge in [-0.1, -0.05) is 186 Å². The predicted molar refractivity (Wildman–Crippen MR) is 250 cm³/mol. The molecule has 288 valence electrons. The molecule has 0 atom stereocenters. The van der Waals surface area contributed by atoms with Crippen molar-refractivity contribution in [1.82, 2.24) is 0 Å². The van der Waals surface area contributed by atoms with E-state index in [0.29, 0.717) is 5.92 Å². The van der Waals surface area contributed by atoms with Gasteiger partial charge in [0.05, 0.1) is 11.4 Å². The molecule has 59 heavy (non-hydrogen) atoms. The molecule has 0 bridgehead atoms. The van der Waals surface area contributed by atoms with Gasteiger partial charge in [-0.25, -0.2) is 0 Å². The third kappa shape index (κ3) is 5.65. The second-order valence-electron chi connectivity index (χ2n) is 18.3. The van der Waals surface area contributed by atoms with Crippen molar-refractivity contribution >= 4 is 27.8 Å². The van der Waals surface area contributed by atoms with Crippen LogP contribution in [0.3, 0.4) is 0 Å². The fraction of sp³-hybridized carbons (Fsp3) is 0.207. The monoisotopic (exact) mass is 761 g/mol. The fourth-order valence-electron chi connectivity index (χ4n) is 11.1. The normalized spacial score (nSPS) is 16.0. The van der Waals surface area contributed by atoms with E-state index >= 15 is 0 Å². The molecule has 1 heteroatoms. The van der Waals surface area contributed by atoms with Crippen molar-refractivity contribution in [3.8, 4) is 44.5 Å². The Hall–Kier alpha value is -6.18. The molecule has 1 nitrogen and oxygen atoms in total. The van der Waals surface area contributed by atoms with Crippen LogP contribution >= 0.6 is 0 Å². The number of fused-ring (bicyclic) bond motifs is 7. The van der Waals surface area contributed by atoms with Crippen LogP contribution in [0.25, 0.3) is 55.3 Å². The van der Waals surface area contributed by atoms with Gasteiger partial charge >= 0.3 is 0 Å². The first-order valence-corrected chi connectivity index (χ1v) is 21.8. The van der Waals surface area contributed by atoms with Gasteiger partial charge in [-0.05, 0) is 116 Å². The maximum atomic E-state index is 2.62. The molecule has 0 heterocycles. The molecule has 1 saturated carbocycles. The summed E-state index contributed by atoms with van der Waals surface area (Å²) in [5.41, 5.74) is 20.8. The first kappa shape index (κ1) is 35.9. The van der Waals surface area contributed by atoms with E-state index in [0.717, 1.165) is 0 Å². The lowest BCUT2D eigenvalue weighted by atomic mass is 9.81. The predicted octanol–water partition coefficient (Wildman–Crippen LogP) is 16.3. The molecular formula is C58H51N. The zero-order chi connectivity index (χ0) is 39.9. The van der Waals surface area contributed by atoms with Crippen LogP contribution in [-0.4, -0.2) is 0 Å². The van der Waals surface area contributed by atoms with Crippen LogP contribution in [0.4, 0.5) is 17.1 Å². The Labute approximate surface area is 350 Å². The minimum absolute atomic E-state index is 0.0778. The maximum absolute atomic E-state index is 2.62. The Kier molecular flexibility index (Phi) is 8.35. The smallest absolute Gasteiger partial charge is 0.0618 e. The molecule has 0 radical (unpaired) electrons. The van der Waals surface area contributed by atoms with Crippen molar-refractivity contribution in [2.75, 3.05) is 4.90 Å². The second-order valence-corrected chi connectivity index (χ2v) is 18.3. The molecule has 0 saturated heterocycles. The summed E-state index contributed by atoms with van der Waals surface area (Å²) in [6.45, 7) is 9.53. The highest BCUT2D eigenvalue weighted by molar-refractivity contribution is 6.08. The van der Waals surface area contributed by atoms with E-state index in [-0.39, 0.29) is 10.8 Å². The SMILES string of the molecule is CC1(C)c2ccccc2-c2cc(N(c3ccc(C4CCCCC4)cc3-c3ccccc3)c3c(-c4ccc5c(c4)C(C)(C)c4ccccc4-5)ccc4ccccc34)ccc21. The molecule has 0 N–H and O–H groups in total. The zero-order valence-corrected chi connectivity index (χ0v) is 34.7. The van der Waals surface area contributed by atoms with Crippen LogP contribution in [-0.2, 0) is 10.8 Å². The Morgan fingerprint density at radius 2 is 1.05 bits per heavy atom. The number of rotatable bonds is 6. The van der Waals surface area contributed by atoms with Gasteiger partial charge < -0.3 is 4.90 Å². The summed E-state index contributed by atoms with van der Waals surface area (Å²) >= 11 is 0. The van der Waals surface area contributed by atoms with Gasteiger partial charge in [-0.15, -0.1) is 0 Å². The highest BCUT2D eigenvalue weighted by Crippen LogP contribution is 2.55. The van der Waals surface area contributed by atoms with Crippen molar-refractivity contribution in [2.24, 2.45) is 0 Å². The first-order chi connectivity index (χ1) is 28.8. The molecule has 0 aromatic heterocycles. The van der Waals surface area contributed by atoms with Crippen LogP contribution in [0, 0.1) is 0 Å². The molecule has 1 fully saturated rings. The molecule has 8 aromatic rings. The minimum atomic E-state index is -0.103. The average molecular weight is 762 g/mol. The van der Waals surface area contributed by atoms with Gasteiger partial charge in [0.25, 0.3) is 0 Å². The van der Waals surface area contributed by atoms with Gasteiger partial charge in [0.15, 0.2) is 0 Å². The summed E-state index contributed by atoms with van der Waals surface area (Å²) in [6.07, 6.45) is 6.51. The van der Waals surface area contributed by atoms with Crippen LogP contribution in [0.2, 0.25) is 0 Å². The lowest BCUT2D eigenvalue weighted by Crippen LogP contribution is -2.16. The summed E-state index contributed by atoms with van der Waals surface area (Å²) in [4.78, 5) is 2.62. The second kappa shape index (κ2) is 13.7. The van der Waals surface area contributed by atoms with Gasteiger partial charge in [-0.2, -0.15) is 0 Å². The van der Waals surface area contributed by atoms with Gasteiger partial charge in [0.2, 0.25) is 0 Å². The molecule has 0 spiro atoms. The molecule has 0 amide bonds. The maximum Gasteiger partial charge on any atom is 0.0618 e. The zero-order valence-electron chi connectivity index (χ0n) is 34.7. The number of hydrogen-bond donors (Lipinski definition) is 0. The van der Waals surface area contributed by atoms with Crippen molar-refractivity contribution < 1.29 is 0 Å².